The maximum Gasteiger partial charge on any atom is 0.307 e. The lowest BCUT2D eigenvalue weighted by Crippen LogP contribution is -2.29. The van der Waals surface area contributed by atoms with Gasteiger partial charge in [-0.3, -0.25) is 9.69 Å². The van der Waals surface area contributed by atoms with Gasteiger partial charge in [0, 0.05) is 31.6 Å². The van der Waals surface area contributed by atoms with Gasteiger partial charge in [0.15, 0.2) is 0 Å². The standard InChI is InChI=1S/C25H25NO4/c1-18(13-25(27)28)21-5-7-23(8-6-21)30-17-20-4-2-3-19(14-20)15-26-11-9-24-22(16-26)10-12-29-24/h2-8,10,12,14H,1,9,11,13,15-17H2,(H,27,28). The minimum absolute atomic E-state index is 0.0636. The number of furan rings is 1. The van der Waals surface area contributed by atoms with Crippen molar-refractivity contribution in [1.29, 1.82) is 0 Å². The van der Waals surface area contributed by atoms with Crippen LogP contribution >= 0.6 is 0 Å². The molecule has 0 unspecified atom stereocenters. The number of fused-ring (bicyclic) bond motifs is 1. The molecule has 0 bridgehead atoms. The molecule has 0 spiro atoms. The van der Waals surface area contributed by atoms with Gasteiger partial charge in [0.25, 0.3) is 0 Å². The largest absolute Gasteiger partial charge is 0.489 e. The molecule has 1 N–H and O–H groups in total. The average molecular weight is 403 g/mol. The summed E-state index contributed by atoms with van der Waals surface area (Å²) in [5, 5.41) is 8.88. The molecule has 2 aromatic carbocycles. The first kappa shape index (κ1) is 20.0. The fourth-order valence-electron chi connectivity index (χ4n) is 3.76. The molecule has 1 aliphatic rings. The van der Waals surface area contributed by atoms with E-state index in [4.69, 9.17) is 14.3 Å². The van der Waals surface area contributed by atoms with Crippen LogP contribution in [-0.4, -0.2) is 22.5 Å². The third-order valence-electron chi connectivity index (χ3n) is 5.32. The van der Waals surface area contributed by atoms with E-state index in [1.54, 1.807) is 6.26 Å². The zero-order valence-corrected chi connectivity index (χ0v) is 16.8. The van der Waals surface area contributed by atoms with Gasteiger partial charge in [0.05, 0.1) is 12.7 Å². The number of hydrogen-bond donors (Lipinski definition) is 1. The predicted octanol–water partition coefficient (Wildman–Crippen LogP) is 4.90. The SMILES string of the molecule is C=C(CC(=O)O)c1ccc(OCc2cccc(CN3CCc4occc4C3)c2)cc1. The number of ether oxygens (including phenoxy) is 1. The highest BCUT2D eigenvalue weighted by Crippen LogP contribution is 2.23. The summed E-state index contributed by atoms with van der Waals surface area (Å²) in [7, 11) is 0. The summed E-state index contributed by atoms with van der Waals surface area (Å²) in [6.07, 6.45) is 2.67. The molecule has 5 heteroatoms. The highest BCUT2D eigenvalue weighted by Gasteiger charge is 2.18. The fraction of sp³-hybridized carbons (Fsp3) is 0.240. The van der Waals surface area contributed by atoms with E-state index in [1.165, 1.54) is 11.1 Å². The molecule has 4 rings (SSSR count). The molecule has 0 amide bonds. The van der Waals surface area contributed by atoms with Crippen molar-refractivity contribution in [3.8, 4) is 5.75 Å². The Kier molecular flexibility index (Phi) is 6.00. The van der Waals surface area contributed by atoms with Crippen LogP contribution in [0.4, 0.5) is 0 Å². The first-order chi connectivity index (χ1) is 14.6. The van der Waals surface area contributed by atoms with Gasteiger partial charge < -0.3 is 14.3 Å². The van der Waals surface area contributed by atoms with Crippen LogP contribution in [0, 0.1) is 0 Å². The zero-order chi connectivity index (χ0) is 20.9. The quantitative estimate of drug-likeness (QED) is 0.579. The van der Waals surface area contributed by atoms with Crippen LogP contribution in [0.25, 0.3) is 5.57 Å². The van der Waals surface area contributed by atoms with Gasteiger partial charge in [0.2, 0.25) is 0 Å². The number of rotatable bonds is 8. The molecular weight excluding hydrogens is 378 g/mol. The summed E-state index contributed by atoms with van der Waals surface area (Å²) >= 11 is 0. The molecule has 0 aliphatic carbocycles. The number of hydrogen-bond acceptors (Lipinski definition) is 4. The molecular formula is C25H25NO4. The summed E-state index contributed by atoms with van der Waals surface area (Å²) in [5.41, 5.74) is 5.07. The first-order valence-corrected chi connectivity index (χ1v) is 10.0. The van der Waals surface area contributed by atoms with Crippen molar-refractivity contribution < 1.29 is 19.1 Å². The van der Waals surface area contributed by atoms with E-state index in [9.17, 15) is 4.79 Å². The van der Waals surface area contributed by atoms with Gasteiger partial charge in [-0.1, -0.05) is 43.0 Å². The number of benzene rings is 2. The van der Waals surface area contributed by atoms with E-state index >= 15 is 0 Å². The Bertz CT molecular complexity index is 1040. The van der Waals surface area contributed by atoms with Crippen molar-refractivity contribution in [2.24, 2.45) is 0 Å². The highest BCUT2D eigenvalue weighted by atomic mass is 16.5. The lowest BCUT2D eigenvalue weighted by Gasteiger charge is -2.26. The van der Waals surface area contributed by atoms with E-state index in [0.29, 0.717) is 12.2 Å². The van der Waals surface area contributed by atoms with Crippen molar-refractivity contribution in [3.05, 3.63) is 95.5 Å². The van der Waals surface area contributed by atoms with Crippen LogP contribution < -0.4 is 4.74 Å². The zero-order valence-electron chi connectivity index (χ0n) is 16.8. The molecule has 1 aliphatic heterocycles. The summed E-state index contributed by atoms with van der Waals surface area (Å²) in [4.78, 5) is 13.2. The second kappa shape index (κ2) is 9.01. The molecule has 0 fully saturated rings. The number of carbonyl (C=O) groups is 1. The smallest absolute Gasteiger partial charge is 0.307 e. The summed E-state index contributed by atoms with van der Waals surface area (Å²) in [6.45, 7) is 7.13. The molecule has 5 nitrogen and oxygen atoms in total. The third-order valence-corrected chi connectivity index (χ3v) is 5.32. The Morgan fingerprint density at radius 3 is 2.73 bits per heavy atom. The normalized spacial score (nSPS) is 13.6. The summed E-state index contributed by atoms with van der Waals surface area (Å²) in [6, 6.07) is 17.9. The van der Waals surface area contributed by atoms with Crippen molar-refractivity contribution in [1.82, 2.24) is 4.90 Å². The number of carboxylic acid groups (broad SMARTS) is 1. The summed E-state index contributed by atoms with van der Waals surface area (Å²) in [5.74, 6) is 0.983. The fourth-order valence-corrected chi connectivity index (χ4v) is 3.76. The minimum Gasteiger partial charge on any atom is -0.489 e. The van der Waals surface area contributed by atoms with Gasteiger partial charge in [0.1, 0.15) is 18.1 Å². The van der Waals surface area contributed by atoms with E-state index in [2.05, 4.69) is 41.8 Å². The molecule has 1 aromatic heterocycles. The Balaban J connectivity index is 1.32. The monoisotopic (exact) mass is 403 g/mol. The van der Waals surface area contributed by atoms with E-state index in [0.717, 1.165) is 48.7 Å². The van der Waals surface area contributed by atoms with Crippen LogP contribution in [0.1, 0.15) is 34.4 Å². The Labute approximate surface area is 176 Å². The highest BCUT2D eigenvalue weighted by molar-refractivity contribution is 5.83. The number of aliphatic carboxylic acids is 1. The van der Waals surface area contributed by atoms with Crippen molar-refractivity contribution in [3.63, 3.8) is 0 Å². The van der Waals surface area contributed by atoms with Gasteiger partial charge in [-0.15, -0.1) is 0 Å². The third kappa shape index (κ3) is 4.99. The molecule has 3 aromatic rings. The van der Waals surface area contributed by atoms with Crippen LogP contribution in [0.2, 0.25) is 0 Å². The van der Waals surface area contributed by atoms with Crippen LogP contribution in [0.3, 0.4) is 0 Å². The van der Waals surface area contributed by atoms with Crippen LogP contribution in [0.5, 0.6) is 5.75 Å². The molecule has 0 radical (unpaired) electrons. The minimum atomic E-state index is -0.880. The van der Waals surface area contributed by atoms with Gasteiger partial charge in [-0.2, -0.15) is 0 Å². The van der Waals surface area contributed by atoms with E-state index in [1.807, 2.05) is 24.3 Å². The first-order valence-electron chi connectivity index (χ1n) is 10.0. The van der Waals surface area contributed by atoms with Gasteiger partial charge >= 0.3 is 5.97 Å². The molecule has 2 heterocycles. The van der Waals surface area contributed by atoms with Crippen molar-refractivity contribution in [2.45, 2.75) is 32.5 Å². The van der Waals surface area contributed by atoms with Crippen molar-refractivity contribution >= 4 is 11.5 Å². The van der Waals surface area contributed by atoms with Crippen molar-refractivity contribution in [2.75, 3.05) is 6.54 Å². The Morgan fingerprint density at radius 2 is 1.93 bits per heavy atom. The van der Waals surface area contributed by atoms with E-state index in [-0.39, 0.29) is 6.42 Å². The molecule has 0 saturated carbocycles. The number of carboxylic acids is 1. The molecule has 0 atom stereocenters. The van der Waals surface area contributed by atoms with Gasteiger partial charge in [-0.05, 0) is 40.5 Å². The van der Waals surface area contributed by atoms with Crippen LogP contribution in [-0.2, 0) is 30.9 Å². The second-order valence-electron chi connectivity index (χ2n) is 7.64. The van der Waals surface area contributed by atoms with E-state index < -0.39 is 5.97 Å². The molecule has 0 saturated heterocycles. The Hall–Kier alpha value is -3.31. The lowest BCUT2D eigenvalue weighted by atomic mass is 10.0. The van der Waals surface area contributed by atoms with Crippen LogP contribution in [0.15, 0.2) is 71.9 Å². The maximum absolute atomic E-state index is 10.8. The second-order valence-corrected chi connectivity index (χ2v) is 7.64. The topological polar surface area (TPSA) is 62.9 Å². The Morgan fingerprint density at radius 1 is 1.13 bits per heavy atom. The predicted molar refractivity (Wildman–Crippen MR) is 115 cm³/mol. The molecule has 154 valence electrons. The maximum atomic E-state index is 10.8. The molecule has 30 heavy (non-hydrogen) atoms. The van der Waals surface area contributed by atoms with Gasteiger partial charge in [-0.25, -0.2) is 0 Å². The summed E-state index contributed by atoms with van der Waals surface area (Å²) < 4.78 is 11.4. The average Bonchev–Trinajstić information content (AvgIpc) is 3.20. The lowest BCUT2D eigenvalue weighted by molar-refractivity contribution is -0.135. The number of nitrogens with zero attached hydrogens (tertiary/aromatic N) is 1.